The monoisotopic (exact) mass is 261 g/mol. The van der Waals surface area contributed by atoms with Gasteiger partial charge in [0.2, 0.25) is 5.89 Å². The topological polar surface area (TPSA) is 81.2 Å². The van der Waals surface area contributed by atoms with Gasteiger partial charge in [-0.3, -0.25) is 10.1 Å². The van der Waals surface area contributed by atoms with E-state index in [-0.39, 0.29) is 5.69 Å². The third kappa shape index (κ3) is 3.09. The summed E-state index contributed by atoms with van der Waals surface area (Å²) in [4.78, 5) is 14.6. The fourth-order valence-electron chi connectivity index (χ4n) is 1.71. The van der Waals surface area contributed by atoms with Crippen molar-refractivity contribution in [1.82, 2.24) is 4.98 Å². The van der Waals surface area contributed by atoms with E-state index in [1.54, 1.807) is 18.3 Å². The first kappa shape index (κ1) is 13.1. The Hall–Kier alpha value is -2.37. The maximum atomic E-state index is 10.9. The molecule has 1 heterocycles. The Morgan fingerprint density at radius 1 is 1.47 bits per heavy atom. The van der Waals surface area contributed by atoms with Crippen LogP contribution < -0.4 is 5.32 Å². The Labute approximate surface area is 110 Å². The minimum Gasteiger partial charge on any atom is -0.444 e. The van der Waals surface area contributed by atoms with E-state index in [1.165, 1.54) is 6.07 Å². The van der Waals surface area contributed by atoms with Gasteiger partial charge in [0.15, 0.2) is 0 Å². The molecule has 2 aromatic rings. The molecular weight excluding hydrogens is 246 g/mol. The predicted octanol–water partition coefficient (Wildman–Crippen LogP) is 3.07. The van der Waals surface area contributed by atoms with Crippen molar-refractivity contribution >= 4 is 11.4 Å². The van der Waals surface area contributed by atoms with E-state index in [1.807, 2.05) is 13.8 Å². The normalized spacial score (nSPS) is 10.4. The van der Waals surface area contributed by atoms with Gasteiger partial charge in [-0.05, 0) is 18.6 Å². The summed E-state index contributed by atoms with van der Waals surface area (Å²) in [5.41, 5.74) is 1.48. The lowest BCUT2D eigenvalue weighted by atomic mass is 10.2. The van der Waals surface area contributed by atoms with Crippen LogP contribution in [0.1, 0.15) is 24.1 Å². The van der Waals surface area contributed by atoms with Crippen molar-refractivity contribution in [3.05, 3.63) is 51.7 Å². The Morgan fingerprint density at radius 2 is 2.26 bits per heavy atom. The minimum atomic E-state index is -0.408. The standard InChI is InChI=1S/C13H15N3O3/c1-3-10-7-15-13(19-10)8-14-11-6-9(2)4-5-12(11)16(17)18/h4-7,14H,3,8H2,1-2H3. The summed E-state index contributed by atoms with van der Waals surface area (Å²) in [6.07, 6.45) is 2.44. The first-order chi connectivity index (χ1) is 9.10. The zero-order chi connectivity index (χ0) is 13.8. The van der Waals surface area contributed by atoms with Gasteiger partial charge in [-0.1, -0.05) is 13.0 Å². The Bertz CT molecular complexity index is 593. The van der Waals surface area contributed by atoms with E-state index in [0.717, 1.165) is 17.7 Å². The lowest BCUT2D eigenvalue weighted by Gasteiger charge is -2.05. The molecule has 6 nitrogen and oxygen atoms in total. The highest BCUT2D eigenvalue weighted by Crippen LogP contribution is 2.25. The van der Waals surface area contributed by atoms with Crippen molar-refractivity contribution in [1.29, 1.82) is 0 Å². The van der Waals surface area contributed by atoms with Gasteiger partial charge in [0.1, 0.15) is 11.4 Å². The number of benzene rings is 1. The van der Waals surface area contributed by atoms with Crippen LogP contribution in [0.4, 0.5) is 11.4 Å². The lowest BCUT2D eigenvalue weighted by Crippen LogP contribution is -2.03. The molecule has 100 valence electrons. The summed E-state index contributed by atoms with van der Waals surface area (Å²) in [5, 5.41) is 13.9. The van der Waals surface area contributed by atoms with Crippen molar-refractivity contribution in [2.75, 3.05) is 5.32 Å². The van der Waals surface area contributed by atoms with E-state index in [4.69, 9.17) is 4.42 Å². The third-order valence-corrected chi connectivity index (χ3v) is 2.73. The highest BCUT2D eigenvalue weighted by molar-refractivity contribution is 5.62. The first-order valence-electron chi connectivity index (χ1n) is 6.02. The third-order valence-electron chi connectivity index (χ3n) is 2.73. The van der Waals surface area contributed by atoms with Gasteiger partial charge in [0, 0.05) is 12.5 Å². The molecule has 1 aromatic carbocycles. The van der Waals surface area contributed by atoms with Crippen molar-refractivity contribution in [3.63, 3.8) is 0 Å². The van der Waals surface area contributed by atoms with Gasteiger partial charge < -0.3 is 9.73 Å². The summed E-state index contributed by atoms with van der Waals surface area (Å²) in [7, 11) is 0. The predicted molar refractivity (Wildman–Crippen MR) is 71.0 cm³/mol. The summed E-state index contributed by atoms with van der Waals surface area (Å²) < 4.78 is 5.44. The van der Waals surface area contributed by atoms with Crippen LogP contribution in [0.15, 0.2) is 28.8 Å². The molecular formula is C13H15N3O3. The fourth-order valence-corrected chi connectivity index (χ4v) is 1.71. The van der Waals surface area contributed by atoms with Gasteiger partial charge in [0.05, 0.1) is 17.7 Å². The molecule has 0 fully saturated rings. The van der Waals surface area contributed by atoms with Crippen LogP contribution in [0.3, 0.4) is 0 Å². The maximum absolute atomic E-state index is 10.9. The van der Waals surface area contributed by atoms with Crippen LogP contribution in [-0.4, -0.2) is 9.91 Å². The highest BCUT2D eigenvalue weighted by atomic mass is 16.6. The Kier molecular flexibility index (Phi) is 3.79. The molecule has 6 heteroatoms. The maximum Gasteiger partial charge on any atom is 0.292 e. The van der Waals surface area contributed by atoms with Crippen LogP contribution in [0, 0.1) is 17.0 Å². The van der Waals surface area contributed by atoms with E-state index in [9.17, 15) is 10.1 Å². The van der Waals surface area contributed by atoms with Gasteiger partial charge in [-0.2, -0.15) is 0 Å². The molecule has 0 spiro atoms. The average Bonchev–Trinajstić information content (AvgIpc) is 2.84. The van der Waals surface area contributed by atoms with Crippen LogP contribution in [0.5, 0.6) is 0 Å². The van der Waals surface area contributed by atoms with Crippen LogP contribution in [0.25, 0.3) is 0 Å². The van der Waals surface area contributed by atoms with Crippen molar-refractivity contribution in [2.24, 2.45) is 0 Å². The number of nitrogens with zero attached hydrogens (tertiary/aromatic N) is 2. The number of anilines is 1. The molecule has 0 saturated carbocycles. The van der Waals surface area contributed by atoms with E-state index < -0.39 is 4.92 Å². The van der Waals surface area contributed by atoms with Crippen molar-refractivity contribution < 1.29 is 9.34 Å². The van der Waals surface area contributed by atoms with E-state index >= 15 is 0 Å². The quantitative estimate of drug-likeness (QED) is 0.660. The van der Waals surface area contributed by atoms with Crippen LogP contribution in [0.2, 0.25) is 0 Å². The van der Waals surface area contributed by atoms with Gasteiger partial charge >= 0.3 is 0 Å². The summed E-state index contributed by atoms with van der Waals surface area (Å²) >= 11 is 0. The number of hydrogen-bond donors (Lipinski definition) is 1. The summed E-state index contributed by atoms with van der Waals surface area (Å²) in [5.74, 6) is 1.32. The van der Waals surface area contributed by atoms with E-state index in [2.05, 4.69) is 10.3 Å². The van der Waals surface area contributed by atoms with E-state index in [0.29, 0.717) is 18.1 Å². The zero-order valence-electron chi connectivity index (χ0n) is 10.8. The second-order valence-corrected chi connectivity index (χ2v) is 4.21. The van der Waals surface area contributed by atoms with Gasteiger partial charge in [-0.25, -0.2) is 4.98 Å². The molecule has 0 aliphatic carbocycles. The van der Waals surface area contributed by atoms with Gasteiger partial charge in [0.25, 0.3) is 5.69 Å². The number of nitro benzene ring substituents is 1. The summed E-state index contributed by atoms with van der Waals surface area (Å²) in [6, 6.07) is 4.94. The Balaban J connectivity index is 2.14. The number of aryl methyl sites for hydroxylation is 2. The fraction of sp³-hybridized carbons (Fsp3) is 0.308. The van der Waals surface area contributed by atoms with Crippen molar-refractivity contribution in [2.45, 2.75) is 26.8 Å². The second-order valence-electron chi connectivity index (χ2n) is 4.21. The minimum absolute atomic E-state index is 0.0490. The van der Waals surface area contributed by atoms with Gasteiger partial charge in [-0.15, -0.1) is 0 Å². The number of nitro groups is 1. The van der Waals surface area contributed by atoms with Crippen molar-refractivity contribution in [3.8, 4) is 0 Å². The molecule has 1 N–H and O–H groups in total. The summed E-state index contributed by atoms with van der Waals surface area (Å²) in [6.45, 7) is 4.18. The van der Waals surface area contributed by atoms with Crippen LogP contribution in [-0.2, 0) is 13.0 Å². The average molecular weight is 261 g/mol. The highest BCUT2D eigenvalue weighted by Gasteiger charge is 2.13. The first-order valence-corrected chi connectivity index (χ1v) is 6.02. The number of aromatic nitrogens is 1. The molecule has 1 aromatic heterocycles. The zero-order valence-corrected chi connectivity index (χ0v) is 10.8. The van der Waals surface area contributed by atoms with Crippen LogP contribution >= 0.6 is 0 Å². The number of hydrogen-bond acceptors (Lipinski definition) is 5. The second kappa shape index (κ2) is 5.51. The molecule has 0 saturated heterocycles. The molecule has 0 bridgehead atoms. The molecule has 0 unspecified atom stereocenters. The molecule has 19 heavy (non-hydrogen) atoms. The molecule has 0 aliphatic rings. The largest absolute Gasteiger partial charge is 0.444 e. The molecule has 0 amide bonds. The lowest BCUT2D eigenvalue weighted by molar-refractivity contribution is -0.384. The number of rotatable bonds is 5. The molecule has 0 aliphatic heterocycles. The Morgan fingerprint density at radius 3 is 2.89 bits per heavy atom. The molecule has 2 rings (SSSR count). The molecule has 0 radical (unpaired) electrons. The number of oxazole rings is 1. The molecule has 0 atom stereocenters. The number of nitrogens with one attached hydrogen (secondary N) is 1. The smallest absolute Gasteiger partial charge is 0.292 e. The SMILES string of the molecule is CCc1cnc(CNc2cc(C)ccc2[N+](=O)[O-])o1.